The van der Waals surface area contributed by atoms with E-state index in [9.17, 15) is 5.11 Å². The second kappa shape index (κ2) is 8.97. The highest BCUT2D eigenvalue weighted by Crippen LogP contribution is 2.26. The van der Waals surface area contributed by atoms with Gasteiger partial charge in [-0.1, -0.05) is 60.7 Å². The highest BCUT2D eigenvalue weighted by atomic mass is 16.5. The lowest BCUT2D eigenvalue weighted by Gasteiger charge is -2.23. The Balaban J connectivity index is 1.56. The van der Waals surface area contributed by atoms with Gasteiger partial charge in [-0.3, -0.25) is 0 Å². The smallest absolute Gasteiger partial charge is 0.0705 e. The van der Waals surface area contributed by atoms with Gasteiger partial charge in [0.2, 0.25) is 0 Å². The topological polar surface area (TPSA) is 41.5 Å². The van der Waals surface area contributed by atoms with E-state index in [-0.39, 0.29) is 12.1 Å². The van der Waals surface area contributed by atoms with Gasteiger partial charge in [0.15, 0.2) is 0 Å². The Labute approximate surface area is 144 Å². The zero-order chi connectivity index (χ0) is 16.6. The third-order valence-corrected chi connectivity index (χ3v) is 4.71. The number of nitrogens with one attached hydrogen (secondary N) is 1. The van der Waals surface area contributed by atoms with E-state index in [1.807, 2.05) is 24.3 Å². The van der Waals surface area contributed by atoms with Crippen LogP contribution < -0.4 is 5.32 Å². The van der Waals surface area contributed by atoms with Crippen LogP contribution in [-0.4, -0.2) is 31.0 Å². The molecule has 2 aromatic carbocycles. The first kappa shape index (κ1) is 17.2. The molecule has 1 fully saturated rings. The van der Waals surface area contributed by atoms with Crippen LogP contribution in [0.15, 0.2) is 60.7 Å². The number of hydrogen-bond acceptors (Lipinski definition) is 3. The number of aliphatic hydroxyl groups is 1. The SMILES string of the molecule is OC(CNC(CC1CCOC1)c1ccccc1)Cc1ccccc1. The molecule has 1 saturated heterocycles. The minimum atomic E-state index is -0.376. The fraction of sp³-hybridized carbons (Fsp3) is 0.429. The summed E-state index contributed by atoms with van der Waals surface area (Å²) in [6, 6.07) is 21.0. The molecule has 0 saturated carbocycles. The summed E-state index contributed by atoms with van der Waals surface area (Å²) >= 11 is 0. The molecule has 1 heterocycles. The Hall–Kier alpha value is -1.68. The van der Waals surface area contributed by atoms with Gasteiger partial charge in [-0.05, 0) is 36.3 Å². The van der Waals surface area contributed by atoms with Gasteiger partial charge < -0.3 is 15.2 Å². The van der Waals surface area contributed by atoms with Gasteiger partial charge >= 0.3 is 0 Å². The Bertz CT molecular complexity index is 581. The molecule has 0 bridgehead atoms. The van der Waals surface area contributed by atoms with Crippen LogP contribution in [0.5, 0.6) is 0 Å². The lowest BCUT2D eigenvalue weighted by molar-refractivity contribution is 0.161. The van der Waals surface area contributed by atoms with E-state index in [0.717, 1.165) is 26.1 Å². The molecule has 0 amide bonds. The molecule has 2 N–H and O–H groups in total. The summed E-state index contributed by atoms with van der Waals surface area (Å²) in [4.78, 5) is 0. The minimum absolute atomic E-state index is 0.267. The maximum atomic E-state index is 10.4. The predicted molar refractivity (Wildman–Crippen MR) is 96.9 cm³/mol. The van der Waals surface area contributed by atoms with Crippen molar-refractivity contribution in [3.63, 3.8) is 0 Å². The van der Waals surface area contributed by atoms with Crippen molar-refractivity contribution in [1.29, 1.82) is 0 Å². The van der Waals surface area contributed by atoms with Gasteiger partial charge in [0, 0.05) is 25.8 Å². The largest absolute Gasteiger partial charge is 0.391 e. The Morgan fingerprint density at radius 2 is 1.75 bits per heavy atom. The predicted octanol–water partition coefficient (Wildman–Crippen LogP) is 3.35. The van der Waals surface area contributed by atoms with Crippen molar-refractivity contribution >= 4 is 0 Å². The molecule has 3 heteroatoms. The van der Waals surface area contributed by atoms with Crippen molar-refractivity contribution < 1.29 is 9.84 Å². The third-order valence-electron chi connectivity index (χ3n) is 4.71. The van der Waals surface area contributed by atoms with Crippen LogP contribution in [-0.2, 0) is 11.2 Å². The average molecular weight is 325 g/mol. The molecular formula is C21H27NO2. The summed E-state index contributed by atoms with van der Waals surface area (Å²) in [6.07, 6.45) is 2.50. The van der Waals surface area contributed by atoms with Crippen molar-refractivity contribution in [3.8, 4) is 0 Å². The first-order valence-corrected chi connectivity index (χ1v) is 8.89. The average Bonchev–Trinajstić information content (AvgIpc) is 3.13. The number of ether oxygens (including phenoxy) is 1. The van der Waals surface area contributed by atoms with Crippen molar-refractivity contribution in [2.45, 2.75) is 31.4 Å². The highest BCUT2D eigenvalue weighted by molar-refractivity contribution is 5.19. The Morgan fingerprint density at radius 3 is 2.42 bits per heavy atom. The monoisotopic (exact) mass is 325 g/mol. The highest BCUT2D eigenvalue weighted by Gasteiger charge is 2.22. The Morgan fingerprint density at radius 1 is 1.04 bits per heavy atom. The molecule has 24 heavy (non-hydrogen) atoms. The molecule has 0 radical (unpaired) electrons. The number of benzene rings is 2. The molecule has 3 atom stereocenters. The molecular weight excluding hydrogens is 298 g/mol. The van der Waals surface area contributed by atoms with E-state index < -0.39 is 0 Å². The molecule has 3 rings (SSSR count). The molecule has 3 unspecified atom stereocenters. The van der Waals surface area contributed by atoms with Crippen molar-refractivity contribution in [2.24, 2.45) is 5.92 Å². The number of hydrogen-bond donors (Lipinski definition) is 2. The lowest BCUT2D eigenvalue weighted by Crippen LogP contribution is -2.32. The summed E-state index contributed by atoms with van der Waals surface area (Å²) in [7, 11) is 0. The van der Waals surface area contributed by atoms with Gasteiger partial charge in [0.05, 0.1) is 6.10 Å². The van der Waals surface area contributed by atoms with E-state index in [1.54, 1.807) is 0 Å². The van der Waals surface area contributed by atoms with Crippen LogP contribution in [0.4, 0.5) is 0 Å². The summed E-state index contributed by atoms with van der Waals surface area (Å²) in [6.45, 7) is 2.34. The van der Waals surface area contributed by atoms with Crippen LogP contribution >= 0.6 is 0 Å². The van der Waals surface area contributed by atoms with Crippen LogP contribution in [0.2, 0.25) is 0 Å². The maximum Gasteiger partial charge on any atom is 0.0705 e. The second-order valence-corrected chi connectivity index (χ2v) is 6.68. The van der Waals surface area contributed by atoms with Crippen molar-refractivity contribution in [2.75, 3.05) is 19.8 Å². The van der Waals surface area contributed by atoms with E-state index in [4.69, 9.17) is 4.74 Å². The van der Waals surface area contributed by atoms with Gasteiger partial charge in [-0.15, -0.1) is 0 Å². The molecule has 1 aliphatic rings. The summed E-state index contributed by atoms with van der Waals surface area (Å²) in [5.74, 6) is 0.606. The fourth-order valence-corrected chi connectivity index (χ4v) is 3.36. The molecule has 2 aromatic rings. The Kier molecular flexibility index (Phi) is 6.41. The summed E-state index contributed by atoms with van der Waals surface area (Å²) < 4.78 is 5.52. The van der Waals surface area contributed by atoms with E-state index in [2.05, 4.69) is 41.7 Å². The van der Waals surface area contributed by atoms with Gasteiger partial charge in [-0.25, -0.2) is 0 Å². The molecule has 1 aliphatic heterocycles. The zero-order valence-corrected chi connectivity index (χ0v) is 14.1. The zero-order valence-electron chi connectivity index (χ0n) is 14.1. The van der Waals surface area contributed by atoms with Gasteiger partial charge in [0.1, 0.15) is 0 Å². The van der Waals surface area contributed by atoms with Crippen LogP contribution in [0.25, 0.3) is 0 Å². The van der Waals surface area contributed by atoms with Crippen LogP contribution in [0.3, 0.4) is 0 Å². The fourth-order valence-electron chi connectivity index (χ4n) is 3.36. The van der Waals surface area contributed by atoms with Crippen molar-refractivity contribution in [1.82, 2.24) is 5.32 Å². The summed E-state index contributed by atoms with van der Waals surface area (Å²) in [5, 5.41) is 13.9. The lowest BCUT2D eigenvalue weighted by atomic mass is 9.94. The molecule has 0 spiro atoms. The quantitative estimate of drug-likeness (QED) is 0.782. The van der Waals surface area contributed by atoms with E-state index in [1.165, 1.54) is 11.1 Å². The first-order valence-electron chi connectivity index (χ1n) is 8.89. The van der Waals surface area contributed by atoms with Crippen LogP contribution in [0, 0.1) is 5.92 Å². The normalized spacial score (nSPS) is 20.0. The third kappa shape index (κ3) is 5.17. The molecule has 0 aromatic heterocycles. The van der Waals surface area contributed by atoms with Crippen molar-refractivity contribution in [3.05, 3.63) is 71.8 Å². The molecule has 3 nitrogen and oxygen atoms in total. The maximum absolute atomic E-state index is 10.4. The van der Waals surface area contributed by atoms with E-state index in [0.29, 0.717) is 18.9 Å². The van der Waals surface area contributed by atoms with Gasteiger partial charge in [0.25, 0.3) is 0 Å². The van der Waals surface area contributed by atoms with Gasteiger partial charge in [-0.2, -0.15) is 0 Å². The second-order valence-electron chi connectivity index (χ2n) is 6.68. The molecule has 0 aliphatic carbocycles. The first-order chi connectivity index (χ1) is 11.8. The number of aliphatic hydroxyl groups excluding tert-OH is 1. The minimum Gasteiger partial charge on any atom is -0.391 e. The molecule has 128 valence electrons. The van der Waals surface area contributed by atoms with E-state index >= 15 is 0 Å². The summed E-state index contributed by atoms with van der Waals surface area (Å²) in [5.41, 5.74) is 2.46. The number of rotatable bonds is 8. The standard InChI is InChI=1S/C21H27NO2/c23-20(13-17-7-3-1-4-8-17)15-22-21(14-18-11-12-24-16-18)19-9-5-2-6-10-19/h1-10,18,20-23H,11-16H2. The van der Waals surface area contributed by atoms with Crippen LogP contribution in [0.1, 0.15) is 30.0 Å².